The number of nitrogens with zero attached hydrogens (tertiary/aromatic N) is 2. The lowest BCUT2D eigenvalue weighted by molar-refractivity contribution is 0.0992. The molecule has 1 saturated carbocycles. The molecule has 1 fully saturated rings. The van der Waals surface area contributed by atoms with Crippen LogP contribution in [0.1, 0.15) is 52.2 Å². The summed E-state index contributed by atoms with van der Waals surface area (Å²) in [5.41, 5.74) is 21.4. The van der Waals surface area contributed by atoms with E-state index in [0.717, 1.165) is 62.7 Å². The van der Waals surface area contributed by atoms with E-state index in [9.17, 15) is 9.90 Å². The fourth-order valence-electron chi connectivity index (χ4n) is 4.85. The molecule has 7 N–H and O–H groups in total. The van der Waals surface area contributed by atoms with E-state index in [-0.39, 0.29) is 18.7 Å². The summed E-state index contributed by atoms with van der Waals surface area (Å²) < 4.78 is 3.04. The molecule has 0 atom stereocenters. The van der Waals surface area contributed by atoms with E-state index in [0.29, 0.717) is 18.1 Å². The van der Waals surface area contributed by atoms with Crippen LogP contribution in [-0.4, -0.2) is 33.5 Å². The van der Waals surface area contributed by atoms with Crippen LogP contribution in [0, 0.1) is 0 Å². The van der Waals surface area contributed by atoms with Crippen molar-refractivity contribution in [1.82, 2.24) is 4.57 Å². The van der Waals surface area contributed by atoms with Crippen molar-refractivity contribution >= 4 is 44.1 Å². The first kappa shape index (κ1) is 22.6. The van der Waals surface area contributed by atoms with Crippen molar-refractivity contribution < 1.29 is 9.90 Å². The summed E-state index contributed by atoms with van der Waals surface area (Å²) in [7, 11) is 0. The van der Waals surface area contributed by atoms with Gasteiger partial charge in [-0.25, -0.2) is 0 Å². The summed E-state index contributed by atoms with van der Waals surface area (Å²) in [6.07, 6.45) is 3.84. The minimum atomic E-state index is -0.480. The minimum Gasteiger partial charge on any atom is -0.391 e. The maximum atomic E-state index is 12.3. The Morgan fingerprint density at radius 2 is 1.88 bits per heavy atom. The van der Waals surface area contributed by atoms with Gasteiger partial charge in [-0.05, 0) is 60.9 Å². The van der Waals surface area contributed by atoms with Crippen molar-refractivity contribution in [2.24, 2.45) is 22.2 Å². The molecule has 34 heavy (non-hydrogen) atoms. The number of carbonyl (C=O) groups is 1. The molecule has 1 aliphatic rings. The fourth-order valence-corrected chi connectivity index (χ4v) is 5.82. The lowest BCUT2D eigenvalue weighted by Gasteiger charge is -2.23. The first-order valence-electron chi connectivity index (χ1n) is 11.6. The fraction of sp³-hybridized carbons (Fsp3) is 0.308. The van der Waals surface area contributed by atoms with Gasteiger partial charge >= 0.3 is 0 Å². The number of nitrogens with two attached hydrogens (primary N) is 3. The lowest BCUT2D eigenvalue weighted by atomic mass is 9.92. The number of amidine groups is 1. The van der Waals surface area contributed by atoms with Crippen molar-refractivity contribution in [3.63, 3.8) is 0 Å². The van der Waals surface area contributed by atoms with Gasteiger partial charge in [0.05, 0.1) is 12.6 Å². The summed E-state index contributed by atoms with van der Waals surface area (Å²) in [6, 6.07) is 16.3. The molecule has 0 unspecified atom stereocenters. The molecule has 2 aromatic heterocycles. The highest BCUT2D eigenvalue weighted by atomic mass is 32.1. The molecular weight excluding hydrogens is 446 g/mol. The van der Waals surface area contributed by atoms with Gasteiger partial charge in [-0.2, -0.15) is 0 Å². The summed E-state index contributed by atoms with van der Waals surface area (Å²) in [6.45, 7) is 0.481. The van der Waals surface area contributed by atoms with Crippen molar-refractivity contribution in [2.45, 2.75) is 50.9 Å². The smallest absolute Gasteiger partial charge is 0.265 e. The summed E-state index contributed by atoms with van der Waals surface area (Å²) in [5.74, 6) is 0.0229. The molecule has 1 aliphatic carbocycles. The number of rotatable bonds is 6. The zero-order chi connectivity index (χ0) is 23.8. The van der Waals surface area contributed by atoms with Crippen molar-refractivity contribution in [2.75, 3.05) is 0 Å². The molecule has 4 aromatic rings. The zero-order valence-electron chi connectivity index (χ0n) is 18.9. The number of hydrogen-bond donors (Lipinski definition) is 4. The van der Waals surface area contributed by atoms with E-state index in [4.69, 9.17) is 22.2 Å². The molecule has 0 saturated heterocycles. The molecule has 5 rings (SSSR count). The number of aliphatic hydroxyl groups is 1. The van der Waals surface area contributed by atoms with Gasteiger partial charge in [0.25, 0.3) is 5.91 Å². The molecule has 2 aromatic carbocycles. The Bertz CT molecular complexity index is 1400. The average molecular weight is 476 g/mol. The van der Waals surface area contributed by atoms with Crippen LogP contribution in [0.15, 0.2) is 53.5 Å². The molecular formula is C26H29N5O2S. The van der Waals surface area contributed by atoms with Gasteiger partial charge in [0.1, 0.15) is 11.5 Å². The van der Waals surface area contributed by atoms with Crippen molar-refractivity contribution in [3.8, 4) is 0 Å². The molecule has 176 valence electrons. The average Bonchev–Trinajstić information content (AvgIpc) is 3.42. The van der Waals surface area contributed by atoms with Crippen LogP contribution in [-0.2, 0) is 13.2 Å². The maximum Gasteiger partial charge on any atom is 0.265 e. The molecule has 1 amide bonds. The SMILES string of the molecule is NC(=O)c1cc2ccc(C(N)=NC3CCC(N)CC3)cc2n1Cc1cccc2sc(CO)cc12. The Kier molecular flexibility index (Phi) is 6.12. The highest BCUT2D eigenvalue weighted by Gasteiger charge is 2.19. The first-order valence-corrected chi connectivity index (χ1v) is 12.4. The standard InChI is InChI=1S/C26H29N5O2S/c27-18-6-8-19(9-7-18)30-25(28)16-5-4-15-10-23(26(29)33)31(22(15)11-16)13-17-2-1-3-24-21(17)12-20(14-32)34-24/h1-5,10-12,18-19,32H,6-9,13-14,27H2,(H2,28,30)(H2,29,33). The lowest BCUT2D eigenvalue weighted by Crippen LogP contribution is -2.29. The Morgan fingerprint density at radius 1 is 1.09 bits per heavy atom. The third kappa shape index (κ3) is 4.32. The summed E-state index contributed by atoms with van der Waals surface area (Å²) in [4.78, 5) is 18.0. The maximum absolute atomic E-state index is 12.3. The second kappa shape index (κ2) is 9.21. The van der Waals surface area contributed by atoms with Gasteiger partial charge in [0.15, 0.2) is 0 Å². The van der Waals surface area contributed by atoms with Gasteiger partial charge in [-0.3, -0.25) is 9.79 Å². The van der Waals surface area contributed by atoms with Crippen LogP contribution >= 0.6 is 11.3 Å². The number of aliphatic imine (C=N–C) groups is 1. The van der Waals surface area contributed by atoms with Gasteiger partial charge in [-0.15, -0.1) is 11.3 Å². The second-order valence-corrected chi connectivity index (χ2v) is 10.2. The third-order valence-corrected chi connectivity index (χ3v) is 7.79. The van der Waals surface area contributed by atoms with E-state index in [1.807, 2.05) is 53.1 Å². The Balaban J connectivity index is 1.55. The number of benzene rings is 2. The number of carbonyl (C=O) groups excluding carboxylic acids is 1. The number of aromatic nitrogens is 1. The Hall–Kier alpha value is -3.20. The van der Waals surface area contributed by atoms with E-state index < -0.39 is 5.91 Å². The predicted octanol–water partition coefficient (Wildman–Crippen LogP) is 3.47. The van der Waals surface area contributed by atoms with Gasteiger partial charge in [0.2, 0.25) is 0 Å². The second-order valence-electron chi connectivity index (χ2n) is 9.04. The van der Waals surface area contributed by atoms with Gasteiger partial charge < -0.3 is 26.9 Å². The number of amides is 1. The summed E-state index contributed by atoms with van der Waals surface area (Å²) in [5, 5.41) is 11.6. The monoisotopic (exact) mass is 475 g/mol. The van der Waals surface area contributed by atoms with E-state index in [1.54, 1.807) is 11.3 Å². The molecule has 0 spiro atoms. The topological polar surface area (TPSA) is 133 Å². The number of fused-ring (bicyclic) bond motifs is 2. The molecule has 7 nitrogen and oxygen atoms in total. The number of primary amides is 1. The van der Waals surface area contributed by atoms with Crippen LogP contribution in [0.2, 0.25) is 0 Å². The molecule has 2 heterocycles. The molecule has 8 heteroatoms. The largest absolute Gasteiger partial charge is 0.391 e. The van der Waals surface area contributed by atoms with E-state index in [2.05, 4.69) is 0 Å². The van der Waals surface area contributed by atoms with Crippen LogP contribution in [0.3, 0.4) is 0 Å². The number of hydrogen-bond acceptors (Lipinski definition) is 5. The zero-order valence-corrected chi connectivity index (χ0v) is 19.7. The molecule has 0 radical (unpaired) electrons. The van der Waals surface area contributed by atoms with Crippen LogP contribution in [0.25, 0.3) is 21.0 Å². The van der Waals surface area contributed by atoms with Gasteiger partial charge in [-0.1, -0.05) is 24.3 Å². The number of thiophene rings is 1. The van der Waals surface area contributed by atoms with Crippen molar-refractivity contribution in [1.29, 1.82) is 0 Å². The van der Waals surface area contributed by atoms with Crippen LogP contribution in [0.4, 0.5) is 0 Å². The number of aliphatic hydroxyl groups excluding tert-OH is 1. The van der Waals surface area contributed by atoms with Gasteiger partial charge in [0, 0.05) is 38.6 Å². The normalized spacial score (nSPS) is 19.2. The highest BCUT2D eigenvalue weighted by molar-refractivity contribution is 7.19. The van der Waals surface area contributed by atoms with E-state index >= 15 is 0 Å². The Morgan fingerprint density at radius 3 is 2.62 bits per heavy atom. The van der Waals surface area contributed by atoms with Crippen molar-refractivity contribution in [3.05, 3.63) is 70.2 Å². The quantitative estimate of drug-likeness (QED) is 0.251. The molecule has 0 bridgehead atoms. The van der Waals surface area contributed by atoms with Crippen LogP contribution in [0.5, 0.6) is 0 Å². The van der Waals surface area contributed by atoms with Crippen LogP contribution < -0.4 is 17.2 Å². The summed E-state index contributed by atoms with van der Waals surface area (Å²) >= 11 is 1.57. The predicted molar refractivity (Wildman–Crippen MR) is 138 cm³/mol. The first-order chi connectivity index (χ1) is 16.4. The van der Waals surface area contributed by atoms with E-state index in [1.165, 1.54) is 0 Å². The third-order valence-electron chi connectivity index (χ3n) is 6.70. The minimum absolute atomic E-state index is 0.00662. The molecule has 0 aliphatic heterocycles. The highest BCUT2D eigenvalue weighted by Crippen LogP contribution is 2.31. The Labute approximate surface area is 201 Å².